The molecule has 0 aromatic heterocycles. The second kappa shape index (κ2) is 7.11. The number of ether oxygens (including phenoxy) is 1. The van der Waals surface area contributed by atoms with E-state index in [-0.39, 0.29) is 6.10 Å². The molecule has 2 atom stereocenters. The summed E-state index contributed by atoms with van der Waals surface area (Å²) < 4.78 is 5.74. The van der Waals surface area contributed by atoms with Gasteiger partial charge in [0.05, 0.1) is 17.5 Å². The highest BCUT2D eigenvalue weighted by Gasteiger charge is 2.25. The van der Waals surface area contributed by atoms with Gasteiger partial charge < -0.3 is 15.8 Å². The van der Waals surface area contributed by atoms with Crippen molar-refractivity contribution in [2.45, 2.75) is 57.4 Å². The molecule has 0 heterocycles. The van der Waals surface area contributed by atoms with Gasteiger partial charge in [0.1, 0.15) is 5.75 Å². The number of nitrogens with two attached hydrogens (primary N) is 1. The Morgan fingerprint density at radius 2 is 2.20 bits per heavy atom. The molecule has 4 heteroatoms. The summed E-state index contributed by atoms with van der Waals surface area (Å²) in [6.45, 7) is 6.27. The Kier molecular flexibility index (Phi) is 5.46. The van der Waals surface area contributed by atoms with E-state index >= 15 is 0 Å². The van der Waals surface area contributed by atoms with E-state index in [1.54, 1.807) is 0 Å². The van der Waals surface area contributed by atoms with Crippen LogP contribution in [0, 0.1) is 0 Å². The Morgan fingerprint density at radius 1 is 1.40 bits per heavy atom. The highest BCUT2D eigenvalue weighted by Crippen LogP contribution is 2.35. The van der Waals surface area contributed by atoms with Gasteiger partial charge in [-0.3, -0.25) is 0 Å². The van der Waals surface area contributed by atoms with Crippen LogP contribution in [0.2, 0.25) is 0 Å². The van der Waals surface area contributed by atoms with E-state index in [0.29, 0.717) is 6.04 Å². The molecule has 1 aliphatic rings. The van der Waals surface area contributed by atoms with Gasteiger partial charge in [-0.1, -0.05) is 13.0 Å². The molecule has 1 aromatic rings. The van der Waals surface area contributed by atoms with Crippen molar-refractivity contribution in [2.24, 2.45) is 0 Å². The standard InChI is InChI=1S/C16H26N2OS/c1-4-20-13-9-8-12(10-13)18-14-6-5-7-15(16(14)17)19-11(2)3/h5-7,11-13,18H,4,8-10,17H2,1-3H3. The van der Waals surface area contributed by atoms with Crippen LogP contribution in [0.1, 0.15) is 40.0 Å². The molecule has 0 spiro atoms. The normalized spacial score (nSPS) is 22.2. The molecule has 2 unspecified atom stereocenters. The summed E-state index contributed by atoms with van der Waals surface area (Å²) in [6, 6.07) is 6.52. The molecule has 1 saturated carbocycles. The van der Waals surface area contributed by atoms with Crippen molar-refractivity contribution in [2.75, 3.05) is 16.8 Å². The van der Waals surface area contributed by atoms with Gasteiger partial charge in [0.2, 0.25) is 0 Å². The van der Waals surface area contributed by atoms with Gasteiger partial charge in [0, 0.05) is 11.3 Å². The topological polar surface area (TPSA) is 47.3 Å². The fourth-order valence-electron chi connectivity index (χ4n) is 2.70. The van der Waals surface area contributed by atoms with Crippen molar-refractivity contribution in [3.63, 3.8) is 0 Å². The zero-order chi connectivity index (χ0) is 14.5. The van der Waals surface area contributed by atoms with Crippen LogP contribution >= 0.6 is 11.8 Å². The Labute approximate surface area is 126 Å². The van der Waals surface area contributed by atoms with Crippen LogP contribution in [-0.2, 0) is 0 Å². The first-order valence-corrected chi connectivity index (χ1v) is 8.58. The van der Waals surface area contributed by atoms with Crippen LogP contribution in [0.5, 0.6) is 5.75 Å². The van der Waals surface area contributed by atoms with E-state index < -0.39 is 0 Å². The molecule has 2 rings (SSSR count). The molecule has 1 aliphatic carbocycles. The van der Waals surface area contributed by atoms with Gasteiger partial charge >= 0.3 is 0 Å². The zero-order valence-corrected chi connectivity index (χ0v) is 13.5. The minimum absolute atomic E-state index is 0.143. The molecule has 0 saturated heterocycles. The van der Waals surface area contributed by atoms with Crippen LogP contribution < -0.4 is 15.8 Å². The third kappa shape index (κ3) is 3.98. The van der Waals surface area contributed by atoms with Gasteiger partial charge in [-0.15, -0.1) is 0 Å². The van der Waals surface area contributed by atoms with Gasteiger partial charge in [0.15, 0.2) is 0 Å². The average molecular weight is 294 g/mol. The zero-order valence-electron chi connectivity index (χ0n) is 12.7. The number of rotatable bonds is 6. The van der Waals surface area contributed by atoms with Crippen molar-refractivity contribution >= 4 is 23.1 Å². The van der Waals surface area contributed by atoms with Crippen molar-refractivity contribution < 1.29 is 4.74 Å². The highest BCUT2D eigenvalue weighted by molar-refractivity contribution is 7.99. The average Bonchev–Trinajstić information content (AvgIpc) is 2.82. The maximum absolute atomic E-state index is 6.21. The maximum atomic E-state index is 6.21. The largest absolute Gasteiger partial charge is 0.489 e. The minimum atomic E-state index is 0.143. The number of hydrogen-bond donors (Lipinski definition) is 2. The number of para-hydroxylation sites is 1. The quantitative estimate of drug-likeness (QED) is 0.774. The summed E-state index contributed by atoms with van der Waals surface area (Å²) in [5.41, 5.74) is 7.95. The van der Waals surface area contributed by atoms with Crippen LogP contribution in [-0.4, -0.2) is 23.1 Å². The van der Waals surface area contributed by atoms with Crippen molar-refractivity contribution in [1.82, 2.24) is 0 Å². The maximum Gasteiger partial charge on any atom is 0.144 e. The molecule has 0 amide bonds. The molecule has 0 radical (unpaired) electrons. The molecule has 0 bridgehead atoms. The van der Waals surface area contributed by atoms with Gasteiger partial charge in [0.25, 0.3) is 0 Å². The summed E-state index contributed by atoms with van der Waals surface area (Å²) in [5.74, 6) is 1.99. The van der Waals surface area contributed by atoms with Crippen molar-refractivity contribution in [1.29, 1.82) is 0 Å². The van der Waals surface area contributed by atoms with Crippen LogP contribution in [0.4, 0.5) is 11.4 Å². The summed E-state index contributed by atoms with van der Waals surface area (Å²) in [5, 5.41) is 4.39. The fourth-order valence-corrected chi connectivity index (χ4v) is 3.85. The second-order valence-corrected chi connectivity index (χ2v) is 7.19. The summed E-state index contributed by atoms with van der Waals surface area (Å²) in [4.78, 5) is 0. The van der Waals surface area contributed by atoms with E-state index in [4.69, 9.17) is 10.5 Å². The molecule has 112 valence electrons. The summed E-state index contributed by atoms with van der Waals surface area (Å²) >= 11 is 2.07. The van der Waals surface area contributed by atoms with Crippen LogP contribution in [0.3, 0.4) is 0 Å². The molecule has 20 heavy (non-hydrogen) atoms. The summed E-state index contributed by atoms with van der Waals surface area (Å²) in [6.07, 6.45) is 3.90. The number of hydrogen-bond acceptors (Lipinski definition) is 4. The number of anilines is 2. The smallest absolute Gasteiger partial charge is 0.144 e. The molecule has 1 aromatic carbocycles. The molecule has 3 N–H and O–H groups in total. The highest BCUT2D eigenvalue weighted by atomic mass is 32.2. The van der Waals surface area contributed by atoms with E-state index in [2.05, 4.69) is 24.0 Å². The first-order chi connectivity index (χ1) is 9.60. The number of benzene rings is 1. The lowest BCUT2D eigenvalue weighted by Crippen LogP contribution is -2.17. The van der Waals surface area contributed by atoms with Crippen molar-refractivity contribution in [3.05, 3.63) is 18.2 Å². The predicted octanol–water partition coefficient (Wildman–Crippen LogP) is 4.14. The minimum Gasteiger partial charge on any atom is -0.489 e. The third-order valence-corrected chi connectivity index (χ3v) is 4.81. The van der Waals surface area contributed by atoms with Gasteiger partial charge in [-0.05, 0) is 51.0 Å². The Bertz CT molecular complexity index is 436. The number of thioether (sulfide) groups is 1. The number of nitrogens with one attached hydrogen (secondary N) is 1. The Hall–Kier alpha value is -1.03. The van der Waals surface area contributed by atoms with Crippen LogP contribution in [0.25, 0.3) is 0 Å². The van der Waals surface area contributed by atoms with Crippen LogP contribution in [0.15, 0.2) is 18.2 Å². The first kappa shape index (κ1) is 15.4. The van der Waals surface area contributed by atoms with E-state index in [1.165, 1.54) is 25.0 Å². The summed E-state index contributed by atoms with van der Waals surface area (Å²) in [7, 11) is 0. The molecule has 1 fully saturated rings. The first-order valence-electron chi connectivity index (χ1n) is 7.53. The number of nitrogen functional groups attached to an aromatic ring is 1. The molecular weight excluding hydrogens is 268 g/mol. The predicted molar refractivity (Wildman–Crippen MR) is 89.8 cm³/mol. The fraction of sp³-hybridized carbons (Fsp3) is 0.625. The monoisotopic (exact) mass is 294 g/mol. The Morgan fingerprint density at radius 3 is 2.90 bits per heavy atom. The van der Waals surface area contributed by atoms with E-state index in [0.717, 1.165) is 22.4 Å². The van der Waals surface area contributed by atoms with Crippen molar-refractivity contribution in [3.8, 4) is 5.75 Å². The SMILES string of the molecule is CCSC1CCC(Nc2cccc(OC(C)C)c2N)C1. The van der Waals surface area contributed by atoms with Gasteiger partial charge in [-0.25, -0.2) is 0 Å². The van der Waals surface area contributed by atoms with E-state index in [9.17, 15) is 0 Å². The lowest BCUT2D eigenvalue weighted by atomic mass is 10.2. The molecule has 3 nitrogen and oxygen atoms in total. The van der Waals surface area contributed by atoms with Gasteiger partial charge in [-0.2, -0.15) is 11.8 Å². The molecular formula is C16H26N2OS. The second-order valence-electron chi connectivity index (χ2n) is 5.62. The molecule has 0 aliphatic heterocycles. The Balaban J connectivity index is 1.99. The third-order valence-electron chi connectivity index (χ3n) is 3.58. The lowest BCUT2D eigenvalue weighted by Gasteiger charge is -2.19. The van der Waals surface area contributed by atoms with E-state index in [1.807, 2.05) is 32.0 Å². The lowest BCUT2D eigenvalue weighted by molar-refractivity contribution is 0.244.